The predicted molar refractivity (Wildman–Crippen MR) is 145 cm³/mol. The molecule has 2 heterocycles. The van der Waals surface area contributed by atoms with Crippen LogP contribution in [0.3, 0.4) is 0 Å². The Morgan fingerprint density at radius 3 is 2.33 bits per heavy atom. The monoisotopic (exact) mass is 502 g/mol. The normalized spacial score (nSPS) is 18.2. The van der Waals surface area contributed by atoms with Gasteiger partial charge in [-0.1, -0.05) is 56.0 Å². The van der Waals surface area contributed by atoms with Crippen molar-refractivity contribution in [1.82, 2.24) is 4.31 Å². The average molecular weight is 503 g/mol. The molecule has 2 aliphatic heterocycles. The molecule has 4 rings (SSSR count). The number of fused-ring (bicyclic) bond motifs is 2. The second-order valence-electron chi connectivity index (χ2n) is 10.8. The highest BCUT2D eigenvalue weighted by molar-refractivity contribution is 8.05. The van der Waals surface area contributed by atoms with Crippen LogP contribution in [0.4, 0.5) is 5.69 Å². The molecule has 2 amide bonds. The molecule has 1 unspecified atom stereocenters. The van der Waals surface area contributed by atoms with Crippen molar-refractivity contribution in [3.05, 3.63) is 65.2 Å². The Bertz CT molecular complexity index is 1240. The molecule has 1 fully saturated rings. The van der Waals surface area contributed by atoms with E-state index in [0.29, 0.717) is 13.0 Å². The third-order valence-corrected chi connectivity index (χ3v) is 8.16. The fourth-order valence-electron chi connectivity index (χ4n) is 5.05. The van der Waals surface area contributed by atoms with Gasteiger partial charge in [-0.15, -0.1) is 0 Å². The number of nitrogens with zero attached hydrogens (tertiary/aromatic N) is 2. The van der Waals surface area contributed by atoms with Crippen LogP contribution >= 0.6 is 11.9 Å². The molecule has 2 aliphatic rings. The first-order valence-corrected chi connectivity index (χ1v) is 13.4. The Morgan fingerprint density at radius 1 is 0.944 bits per heavy atom. The minimum atomic E-state index is -0.249. The Labute approximate surface area is 218 Å². The molecule has 5 nitrogen and oxygen atoms in total. The van der Waals surface area contributed by atoms with Crippen LogP contribution in [-0.4, -0.2) is 26.8 Å². The van der Waals surface area contributed by atoms with Crippen molar-refractivity contribution in [2.45, 2.75) is 77.6 Å². The molecule has 6 heteroatoms. The Balaban J connectivity index is 1.39. The van der Waals surface area contributed by atoms with E-state index in [1.54, 1.807) is 23.8 Å². The van der Waals surface area contributed by atoms with Crippen LogP contribution in [0.1, 0.15) is 82.9 Å². The molecule has 0 aromatic heterocycles. The van der Waals surface area contributed by atoms with E-state index in [-0.39, 0.29) is 40.7 Å². The van der Waals surface area contributed by atoms with Gasteiger partial charge in [0.2, 0.25) is 11.8 Å². The lowest BCUT2D eigenvalue weighted by molar-refractivity contribution is -0.128. The van der Waals surface area contributed by atoms with Crippen molar-refractivity contribution >= 4 is 35.2 Å². The minimum Gasteiger partial charge on any atom is -0.307 e. The molecule has 0 N–H and O–H groups in total. The van der Waals surface area contributed by atoms with E-state index >= 15 is 0 Å². The molecule has 2 aromatic rings. The fourth-order valence-corrected chi connectivity index (χ4v) is 6.21. The number of carbonyl (C=O) groups is 3. The third-order valence-electron chi connectivity index (χ3n) is 6.83. The van der Waals surface area contributed by atoms with Crippen LogP contribution in [0.5, 0.6) is 0 Å². The number of anilines is 1. The van der Waals surface area contributed by atoms with Gasteiger partial charge in [0, 0.05) is 30.4 Å². The summed E-state index contributed by atoms with van der Waals surface area (Å²) in [6.07, 6.45) is 3.61. The summed E-state index contributed by atoms with van der Waals surface area (Å²) >= 11 is 1.56. The van der Waals surface area contributed by atoms with Gasteiger partial charge < -0.3 is 9.69 Å². The molecule has 188 valence electrons. The summed E-state index contributed by atoms with van der Waals surface area (Å²) in [6.45, 7) is 8.55. The van der Waals surface area contributed by atoms with Crippen LogP contribution in [0, 0.1) is 17.3 Å². The Kier molecular flexibility index (Phi) is 7.61. The molecule has 0 radical (unpaired) electrons. The van der Waals surface area contributed by atoms with E-state index in [4.69, 9.17) is 0 Å². The third kappa shape index (κ3) is 6.20. The summed E-state index contributed by atoms with van der Waals surface area (Å²) in [6, 6.07) is 15.6. The SMILES string of the molecule is CC(=O)CCCC(C)(C)CC1(C)SN1C(=O)CCC(=O)N1Cc2ccccc2C#Cc2ccccc21. The summed E-state index contributed by atoms with van der Waals surface area (Å²) in [4.78, 5) is 39.2. The lowest BCUT2D eigenvalue weighted by Crippen LogP contribution is -2.33. The number of hydrogen-bond donors (Lipinski definition) is 0. The number of amides is 2. The van der Waals surface area contributed by atoms with Gasteiger partial charge >= 0.3 is 0 Å². The van der Waals surface area contributed by atoms with E-state index in [1.165, 1.54) is 0 Å². The van der Waals surface area contributed by atoms with Crippen molar-refractivity contribution in [2.24, 2.45) is 5.41 Å². The lowest BCUT2D eigenvalue weighted by Gasteiger charge is -2.27. The van der Waals surface area contributed by atoms with E-state index in [0.717, 1.165) is 41.6 Å². The highest BCUT2D eigenvalue weighted by atomic mass is 32.2. The van der Waals surface area contributed by atoms with E-state index in [1.807, 2.05) is 52.8 Å². The Morgan fingerprint density at radius 2 is 1.58 bits per heavy atom. The maximum absolute atomic E-state index is 13.4. The molecule has 1 saturated heterocycles. The molecular weight excluding hydrogens is 468 g/mol. The fraction of sp³-hybridized carbons (Fsp3) is 0.433. The molecule has 1 atom stereocenters. The van der Waals surface area contributed by atoms with Crippen molar-refractivity contribution in [1.29, 1.82) is 0 Å². The van der Waals surface area contributed by atoms with Crippen LogP contribution in [0.25, 0.3) is 0 Å². The van der Waals surface area contributed by atoms with Gasteiger partial charge in [0.05, 0.1) is 12.2 Å². The average Bonchev–Trinajstić information content (AvgIpc) is 3.48. The lowest BCUT2D eigenvalue weighted by atomic mass is 9.81. The van der Waals surface area contributed by atoms with Crippen LogP contribution in [0.2, 0.25) is 0 Å². The van der Waals surface area contributed by atoms with Gasteiger partial charge in [0.15, 0.2) is 0 Å². The second-order valence-corrected chi connectivity index (χ2v) is 12.2. The maximum atomic E-state index is 13.4. The molecule has 0 saturated carbocycles. The van der Waals surface area contributed by atoms with Crippen LogP contribution < -0.4 is 4.90 Å². The highest BCUT2D eigenvalue weighted by Gasteiger charge is 2.54. The molecule has 0 bridgehead atoms. The first kappa shape index (κ1) is 26.0. The molecule has 36 heavy (non-hydrogen) atoms. The van der Waals surface area contributed by atoms with E-state index < -0.39 is 0 Å². The highest BCUT2D eigenvalue weighted by Crippen LogP contribution is 2.58. The number of benzene rings is 2. The van der Waals surface area contributed by atoms with Gasteiger partial charge in [0.25, 0.3) is 0 Å². The molecule has 0 aliphatic carbocycles. The summed E-state index contributed by atoms with van der Waals surface area (Å²) in [7, 11) is 0. The standard InChI is InChI=1S/C30H34N2O3S/c1-22(33)10-9-19-29(2,3)21-30(4)32(36-30)28(35)18-17-27(34)31-20-25-13-6-5-11-23(25)15-16-24-12-7-8-14-26(24)31/h5-8,11-14H,9-10,17-21H2,1-4H3. The van der Waals surface area contributed by atoms with Crippen molar-refractivity contribution in [2.75, 3.05) is 4.90 Å². The van der Waals surface area contributed by atoms with Crippen LogP contribution in [-0.2, 0) is 20.9 Å². The maximum Gasteiger partial charge on any atom is 0.234 e. The Hall–Kier alpha value is -3.04. The summed E-state index contributed by atoms with van der Waals surface area (Å²) in [5.74, 6) is 6.58. The number of hydrogen-bond acceptors (Lipinski definition) is 4. The predicted octanol–water partition coefficient (Wildman–Crippen LogP) is 6.10. The van der Waals surface area contributed by atoms with Crippen molar-refractivity contribution in [3.63, 3.8) is 0 Å². The quantitative estimate of drug-likeness (QED) is 0.236. The number of ketones is 1. The molecule has 0 spiro atoms. The first-order chi connectivity index (χ1) is 17.1. The van der Waals surface area contributed by atoms with Crippen LogP contribution in [0.15, 0.2) is 48.5 Å². The second kappa shape index (κ2) is 10.5. The van der Waals surface area contributed by atoms with E-state index in [2.05, 4.69) is 32.6 Å². The largest absolute Gasteiger partial charge is 0.307 e. The molecular formula is C30H34N2O3S. The number of para-hydroxylation sites is 1. The number of rotatable bonds is 9. The van der Waals surface area contributed by atoms with Gasteiger partial charge in [-0.05, 0) is 74.2 Å². The topological polar surface area (TPSA) is 57.5 Å². The zero-order chi connectivity index (χ0) is 25.9. The zero-order valence-corrected chi connectivity index (χ0v) is 22.4. The smallest absolute Gasteiger partial charge is 0.234 e. The minimum absolute atomic E-state index is 0.00379. The zero-order valence-electron chi connectivity index (χ0n) is 21.6. The summed E-state index contributed by atoms with van der Waals surface area (Å²) < 4.78 is 1.83. The number of Topliss-reactive ketones (excluding diaryl/α,β-unsaturated/α-hetero) is 1. The van der Waals surface area contributed by atoms with Crippen molar-refractivity contribution < 1.29 is 14.4 Å². The van der Waals surface area contributed by atoms with E-state index in [9.17, 15) is 14.4 Å². The van der Waals surface area contributed by atoms with Gasteiger partial charge in [-0.3, -0.25) is 13.9 Å². The van der Waals surface area contributed by atoms with Gasteiger partial charge in [0.1, 0.15) is 10.7 Å². The summed E-state index contributed by atoms with van der Waals surface area (Å²) in [5.41, 5.74) is 3.55. The summed E-state index contributed by atoms with van der Waals surface area (Å²) in [5, 5.41) is 0. The van der Waals surface area contributed by atoms with Gasteiger partial charge in [-0.2, -0.15) is 0 Å². The molecule has 2 aromatic carbocycles. The van der Waals surface area contributed by atoms with Crippen molar-refractivity contribution in [3.8, 4) is 11.8 Å². The van der Waals surface area contributed by atoms with Gasteiger partial charge in [-0.25, -0.2) is 0 Å². The number of carbonyl (C=O) groups excluding carboxylic acids is 3. The first-order valence-electron chi connectivity index (χ1n) is 12.6.